The lowest BCUT2D eigenvalue weighted by Crippen LogP contribution is -2.27. The second kappa shape index (κ2) is 4.15. The standard InChI is InChI=1S/C14H18BrN/c15-12-3-1-11(2-4-12)9-14(7-8-14)10-16-13-5-6-13/h1-4,13,16H,5-10H2. The van der Waals surface area contributed by atoms with Crippen LogP contribution in [0.3, 0.4) is 0 Å². The molecule has 1 aromatic rings. The molecular weight excluding hydrogens is 262 g/mol. The maximum atomic E-state index is 3.68. The van der Waals surface area contributed by atoms with Crippen LogP contribution < -0.4 is 5.32 Å². The van der Waals surface area contributed by atoms with Gasteiger partial charge in [-0.05, 0) is 55.2 Å². The normalized spacial score (nSPS) is 22.1. The van der Waals surface area contributed by atoms with Gasteiger partial charge in [0, 0.05) is 17.1 Å². The zero-order valence-corrected chi connectivity index (χ0v) is 11.1. The number of hydrogen-bond acceptors (Lipinski definition) is 1. The van der Waals surface area contributed by atoms with Crippen molar-refractivity contribution < 1.29 is 0 Å². The van der Waals surface area contributed by atoms with Gasteiger partial charge in [0.05, 0.1) is 0 Å². The van der Waals surface area contributed by atoms with Crippen LogP contribution >= 0.6 is 15.9 Å². The number of nitrogens with one attached hydrogen (secondary N) is 1. The molecule has 0 heterocycles. The van der Waals surface area contributed by atoms with Crippen LogP contribution in [0.1, 0.15) is 31.2 Å². The molecule has 16 heavy (non-hydrogen) atoms. The van der Waals surface area contributed by atoms with Crippen LogP contribution in [-0.4, -0.2) is 12.6 Å². The lowest BCUT2D eigenvalue weighted by atomic mass is 9.96. The Balaban J connectivity index is 1.58. The molecule has 0 atom stereocenters. The van der Waals surface area contributed by atoms with Gasteiger partial charge in [0.25, 0.3) is 0 Å². The van der Waals surface area contributed by atoms with E-state index in [-0.39, 0.29) is 0 Å². The molecule has 0 bridgehead atoms. The van der Waals surface area contributed by atoms with Crippen LogP contribution in [-0.2, 0) is 6.42 Å². The van der Waals surface area contributed by atoms with Crippen molar-refractivity contribution in [3.8, 4) is 0 Å². The molecule has 0 radical (unpaired) electrons. The molecular formula is C14H18BrN. The molecule has 1 aromatic carbocycles. The molecule has 0 unspecified atom stereocenters. The SMILES string of the molecule is Brc1ccc(CC2(CNC3CC3)CC2)cc1. The minimum absolute atomic E-state index is 0.594. The summed E-state index contributed by atoms with van der Waals surface area (Å²) in [4.78, 5) is 0. The van der Waals surface area contributed by atoms with Crippen molar-refractivity contribution >= 4 is 15.9 Å². The Morgan fingerprint density at radius 2 is 1.88 bits per heavy atom. The predicted octanol–water partition coefficient (Wildman–Crippen LogP) is 3.52. The van der Waals surface area contributed by atoms with Crippen LogP contribution in [0.15, 0.2) is 28.7 Å². The quantitative estimate of drug-likeness (QED) is 0.870. The summed E-state index contributed by atoms with van der Waals surface area (Å²) in [7, 11) is 0. The molecule has 0 spiro atoms. The average Bonchev–Trinajstić information content (AvgIpc) is 3.14. The number of rotatable bonds is 5. The van der Waals surface area contributed by atoms with Crippen molar-refractivity contribution in [2.45, 2.75) is 38.1 Å². The zero-order chi connectivity index (χ0) is 11.0. The van der Waals surface area contributed by atoms with E-state index < -0.39 is 0 Å². The third-order valence-corrected chi connectivity index (χ3v) is 4.32. The van der Waals surface area contributed by atoms with Gasteiger partial charge in [-0.25, -0.2) is 0 Å². The molecule has 3 rings (SSSR count). The van der Waals surface area contributed by atoms with Crippen LogP contribution in [0.4, 0.5) is 0 Å². The monoisotopic (exact) mass is 279 g/mol. The van der Waals surface area contributed by atoms with Crippen LogP contribution in [0.25, 0.3) is 0 Å². The van der Waals surface area contributed by atoms with Crippen molar-refractivity contribution in [3.05, 3.63) is 34.3 Å². The fraction of sp³-hybridized carbons (Fsp3) is 0.571. The van der Waals surface area contributed by atoms with E-state index in [9.17, 15) is 0 Å². The molecule has 2 aliphatic rings. The summed E-state index contributed by atoms with van der Waals surface area (Å²) in [6, 6.07) is 9.66. The van der Waals surface area contributed by atoms with Crippen LogP contribution in [0.2, 0.25) is 0 Å². The number of hydrogen-bond donors (Lipinski definition) is 1. The molecule has 1 N–H and O–H groups in total. The molecule has 0 amide bonds. The lowest BCUT2D eigenvalue weighted by molar-refractivity contribution is 0.453. The predicted molar refractivity (Wildman–Crippen MR) is 70.5 cm³/mol. The topological polar surface area (TPSA) is 12.0 Å². The highest BCUT2D eigenvalue weighted by atomic mass is 79.9. The first-order chi connectivity index (χ1) is 7.76. The van der Waals surface area contributed by atoms with E-state index in [1.54, 1.807) is 0 Å². The van der Waals surface area contributed by atoms with E-state index in [0.29, 0.717) is 5.41 Å². The minimum atomic E-state index is 0.594. The van der Waals surface area contributed by atoms with E-state index in [2.05, 4.69) is 45.5 Å². The Morgan fingerprint density at radius 1 is 1.19 bits per heavy atom. The maximum Gasteiger partial charge on any atom is 0.0175 e. The average molecular weight is 280 g/mol. The van der Waals surface area contributed by atoms with E-state index in [4.69, 9.17) is 0 Å². The van der Waals surface area contributed by atoms with E-state index >= 15 is 0 Å². The Labute approximate surface area is 106 Å². The molecule has 86 valence electrons. The largest absolute Gasteiger partial charge is 0.313 e. The smallest absolute Gasteiger partial charge is 0.0175 e. The van der Waals surface area contributed by atoms with E-state index in [0.717, 1.165) is 6.04 Å². The molecule has 2 fully saturated rings. The summed E-state index contributed by atoms with van der Waals surface area (Å²) in [5.74, 6) is 0. The second-order valence-corrected chi connectivity index (χ2v) is 6.37. The molecule has 2 saturated carbocycles. The molecule has 0 saturated heterocycles. The van der Waals surface area contributed by atoms with Gasteiger partial charge in [0.15, 0.2) is 0 Å². The zero-order valence-electron chi connectivity index (χ0n) is 9.51. The van der Waals surface area contributed by atoms with Crippen molar-refractivity contribution in [2.24, 2.45) is 5.41 Å². The van der Waals surface area contributed by atoms with Crippen LogP contribution in [0.5, 0.6) is 0 Å². The molecule has 0 aromatic heterocycles. The van der Waals surface area contributed by atoms with Gasteiger partial charge in [-0.3, -0.25) is 0 Å². The first-order valence-electron chi connectivity index (χ1n) is 6.24. The Bertz CT molecular complexity index is 363. The summed E-state index contributed by atoms with van der Waals surface area (Å²) < 4.78 is 1.18. The molecule has 2 heteroatoms. The molecule has 1 nitrogen and oxygen atoms in total. The first kappa shape index (κ1) is 10.8. The van der Waals surface area contributed by atoms with Gasteiger partial charge in [-0.1, -0.05) is 28.1 Å². The Morgan fingerprint density at radius 3 is 2.44 bits per heavy atom. The summed E-state index contributed by atoms with van der Waals surface area (Å²) in [6.45, 7) is 1.23. The van der Waals surface area contributed by atoms with E-state index in [1.165, 1.54) is 48.7 Å². The molecule has 0 aliphatic heterocycles. The third-order valence-electron chi connectivity index (χ3n) is 3.79. The molecule has 2 aliphatic carbocycles. The van der Waals surface area contributed by atoms with Gasteiger partial charge in [-0.2, -0.15) is 0 Å². The summed E-state index contributed by atoms with van der Waals surface area (Å²) >= 11 is 3.49. The Hall–Kier alpha value is -0.340. The van der Waals surface area contributed by atoms with Crippen molar-refractivity contribution in [2.75, 3.05) is 6.54 Å². The third kappa shape index (κ3) is 2.67. The lowest BCUT2D eigenvalue weighted by Gasteiger charge is -2.16. The highest BCUT2D eigenvalue weighted by Crippen LogP contribution is 2.48. The van der Waals surface area contributed by atoms with Crippen molar-refractivity contribution in [3.63, 3.8) is 0 Å². The van der Waals surface area contributed by atoms with Gasteiger partial charge < -0.3 is 5.32 Å². The minimum Gasteiger partial charge on any atom is -0.313 e. The van der Waals surface area contributed by atoms with E-state index in [1.807, 2.05) is 0 Å². The highest BCUT2D eigenvalue weighted by molar-refractivity contribution is 9.10. The first-order valence-corrected chi connectivity index (χ1v) is 7.03. The summed E-state index contributed by atoms with van der Waals surface area (Å²) in [5.41, 5.74) is 2.08. The van der Waals surface area contributed by atoms with Gasteiger partial charge in [-0.15, -0.1) is 0 Å². The van der Waals surface area contributed by atoms with Crippen molar-refractivity contribution in [1.82, 2.24) is 5.32 Å². The Kier molecular flexibility index (Phi) is 2.80. The summed E-state index contributed by atoms with van der Waals surface area (Å²) in [5, 5.41) is 3.68. The maximum absolute atomic E-state index is 3.68. The highest BCUT2D eigenvalue weighted by Gasteiger charge is 2.43. The fourth-order valence-corrected chi connectivity index (χ4v) is 2.54. The van der Waals surface area contributed by atoms with Gasteiger partial charge >= 0.3 is 0 Å². The van der Waals surface area contributed by atoms with Crippen molar-refractivity contribution in [1.29, 1.82) is 0 Å². The number of benzene rings is 1. The number of halogens is 1. The fourth-order valence-electron chi connectivity index (χ4n) is 2.28. The van der Waals surface area contributed by atoms with Gasteiger partial charge in [0.2, 0.25) is 0 Å². The second-order valence-electron chi connectivity index (χ2n) is 5.46. The van der Waals surface area contributed by atoms with Gasteiger partial charge in [0.1, 0.15) is 0 Å². The summed E-state index contributed by atoms with van der Waals surface area (Å²) in [6.07, 6.45) is 6.86. The van der Waals surface area contributed by atoms with Crippen LogP contribution in [0, 0.1) is 5.41 Å².